The van der Waals surface area contributed by atoms with Gasteiger partial charge in [0.05, 0.1) is 22.7 Å². The molecule has 0 spiro atoms. The van der Waals surface area contributed by atoms with E-state index in [1.807, 2.05) is 44.2 Å². The Hall–Kier alpha value is -3.89. The molecule has 3 aromatic carbocycles. The summed E-state index contributed by atoms with van der Waals surface area (Å²) >= 11 is 7.48. The molecule has 11 heteroatoms. The average Bonchev–Trinajstić information content (AvgIpc) is 3.59. The highest BCUT2D eigenvalue weighted by Crippen LogP contribution is 2.36. The largest absolute Gasteiger partial charge is 0.454 e. The van der Waals surface area contributed by atoms with E-state index >= 15 is 0 Å². The molecule has 1 aromatic heterocycles. The Balaban J connectivity index is 1.37. The van der Waals surface area contributed by atoms with E-state index in [4.69, 9.17) is 35.5 Å². The third-order valence-corrected chi connectivity index (χ3v) is 8.30. The van der Waals surface area contributed by atoms with E-state index in [0.717, 1.165) is 11.1 Å². The molecule has 6 rings (SSSR count). The van der Waals surface area contributed by atoms with Crippen molar-refractivity contribution >= 4 is 45.9 Å². The van der Waals surface area contributed by atoms with Crippen LogP contribution in [0.5, 0.6) is 23.0 Å². The Kier molecular flexibility index (Phi) is 6.74. The highest BCUT2D eigenvalue weighted by atomic mass is 35.5. The molecule has 0 aliphatic carbocycles. The van der Waals surface area contributed by atoms with Crippen molar-refractivity contribution < 1.29 is 23.7 Å². The molecule has 0 radical (unpaired) electrons. The van der Waals surface area contributed by atoms with Crippen molar-refractivity contribution in [2.75, 3.05) is 18.9 Å². The number of carbonyl (C=O) groups is 1. The summed E-state index contributed by atoms with van der Waals surface area (Å²) in [4.78, 5) is 31.9. The predicted octanol–water partition coefficient (Wildman–Crippen LogP) is 5.37. The fourth-order valence-corrected chi connectivity index (χ4v) is 5.58. The van der Waals surface area contributed by atoms with Gasteiger partial charge in [-0.1, -0.05) is 42.4 Å². The number of rotatable bonds is 7. The molecule has 0 fully saturated rings. The number of benzene rings is 3. The molecule has 3 heterocycles. The second kappa shape index (κ2) is 10.3. The zero-order valence-corrected chi connectivity index (χ0v) is 22.7. The summed E-state index contributed by atoms with van der Waals surface area (Å²) in [6, 6.07) is 14.3. The van der Waals surface area contributed by atoms with Crippen molar-refractivity contribution in [3.05, 3.63) is 75.0 Å². The molecule has 1 unspecified atom stereocenters. The predicted molar refractivity (Wildman–Crippen MR) is 149 cm³/mol. The first-order valence-corrected chi connectivity index (χ1v) is 13.6. The monoisotopic (exact) mass is 565 g/mol. The van der Waals surface area contributed by atoms with Crippen molar-refractivity contribution in [3.63, 3.8) is 0 Å². The van der Waals surface area contributed by atoms with Crippen molar-refractivity contribution in [2.24, 2.45) is 0 Å². The molecule has 9 nitrogen and oxygen atoms in total. The number of hydrogen-bond donors (Lipinski definition) is 1. The fraction of sp³-hybridized carbons (Fsp3) is 0.250. The standard InChI is InChI=1S/C28H24ClN3O6S/c1-3-25(26(33)30-17-6-4-15(2)19(29)9-17)39-28-31-20-11-24-23(37-14-38-24)10-18(20)27(34)32(28)12-16-5-7-21-22(8-16)36-13-35-21/h4-11,25H,3,12-14H2,1-2H3,(H,30,33). The number of amides is 1. The van der Waals surface area contributed by atoms with Gasteiger partial charge in [-0.2, -0.15) is 0 Å². The van der Waals surface area contributed by atoms with Gasteiger partial charge in [0.25, 0.3) is 5.56 Å². The van der Waals surface area contributed by atoms with Crippen LogP contribution in [0.1, 0.15) is 24.5 Å². The van der Waals surface area contributed by atoms with Crippen molar-refractivity contribution in [1.29, 1.82) is 0 Å². The lowest BCUT2D eigenvalue weighted by atomic mass is 10.2. The molecular formula is C28H24ClN3O6S. The molecule has 2 aliphatic heterocycles. The Bertz CT molecular complexity index is 1670. The van der Waals surface area contributed by atoms with Crippen molar-refractivity contribution in [2.45, 2.75) is 37.2 Å². The van der Waals surface area contributed by atoms with Crippen molar-refractivity contribution in [1.82, 2.24) is 9.55 Å². The highest BCUT2D eigenvalue weighted by molar-refractivity contribution is 8.00. The average molecular weight is 566 g/mol. The summed E-state index contributed by atoms with van der Waals surface area (Å²) < 4.78 is 23.5. The van der Waals surface area contributed by atoms with Gasteiger partial charge < -0.3 is 24.3 Å². The fourth-order valence-electron chi connectivity index (χ4n) is 4.38. The van der Waals surface area contributed by atoms with E-state index in [-0.39, 0.29) is 31.6 Å². The zero-order valence-electron chi connectivity index (χ0n) is 21.2. The minimum Gasteiger partial charge on any atom is -0.454 e. The Morgan fingerprint density at radius 1 is 1.03 bits per heavy atom. The van der Waals surface area contributed by atoms with E-state index in [2.05, 4.69) is 5.32 Å². The Morgan fingerprint density at radius 3 is 2.49 bits per heavy atom. The molecule has 0 saturated carbocycles. The lowest BCUT2D eigenvalue weighted by Crippen LogP contribution is -2.28. The summed E-state index contributed by atoms with van der Waals surface area (Å²) in [5.74, 6) is 2.09. The van der Waals surface area contributed by atoms with Crippen LogP contribution in [-0.2, 0) is 11.3 Å². The third kappa shape index (κ3) is 4.97. The van der Waals surface area contributed by atoms with Gasteiger partial charge in [-0.3, -0.25) is 14.2 Å². The van der Waals surface area contributed by atoms with Crippen LogP contribution in [0.25, 0.3) is 10.9 Å². The zero-order chi connectivity index (χ0) is 27.1. The molecule has 39 heavy (non-hydrogen) atoms. The SMILES string of the molecule is CCC(Sc1nc2cc3c(cc2c(=O)n1Cc1ccc2c(c1)OCO2)OCO3)C(=O)Nc1ccc(C)c(Cl)c1. The first-order valence-electron chi connectivity index (χ1n) is 12.4. The molecule has 2 aliphatic rings. The topological polar surface area (TPSA) is 101 Å². The molecule has 4 aromatic rings. The number of carbonyl (C=O) groups excluding carboxylic acids is 1. The summed E-state index contributed by atoms with van der Waals surface area (Å²) in [5, 5.41) is 3.80. The number of thioether (sulfide) groups is 1. The maximum Gasteiger partial charge on any atom is 0.262 e. The molecule has 0 bridgehead atoms. The van der Waals surface area contributed by atoms with Gasteiger partial charge in [0.15, 0.2) is 28.2 Å². The lowest BCUT2D eigenvalue weighted by Gasteiger charge is -2.18. The van der Waals surface area contributed by atoms with Crippen LogP contribution in [-0.4, -0.2) is 34.3 Å². The molecular weight excluding hydrogens is 542 g/mol. The first kappa shape index (κ1) is 25.4. The number of fused-ring (bicyclic) bond motifs is 3. The summed E-state index contributed by atoms with van der Waals surface area (Å²) in [7, 11) is 0. The van der Waals surface area contributed by atoms with Gasteiger partial charge in [0, 0.05) is 16.8 Å². The van der Waals surface area contributed by atoms with Gasteiger partial charge in [-0.15, -0.1) is 0 Å². The van der Waals surface area contributed by atoms with Crippen LogP contribution in [0.2, 0.25) is 5.02 Å². The van der Waals surface area contributed by atoms with E-state index in [9.17, 15) is 9.59 Å². The number of anilines is 1. The van der Waals surface area contributed by atoms with E-state index in [1.54, 1.807) is 22.8 Å². The van der Waals surface area contributed by atoms with Crippen LogP contribution < -0.4 is 29.8 Å². The van der Waals surface area contributed by atoms with Crippen molar-refractivity contribution in [3.8, 4) is 23.0 Å². The second-order valence-electron chi connectivity index (χ2n) is 9.16. The highest BCUT2D eigenvalue weighted by Gasteiger charge is 2.25. The maximum atomic E-state index is 13.8. The van der Waals surface area contributed by atoms with Crippen LogP contribution in [0.4, 0.5) is 5.69 Å². The van der Waals surface area contributed by atoms with Crippen LogP contribution in [0.3, 0.4) is 0 Å². The number of hydrogen-bond acceptors (Lipinski definition) is 8. The number of nitrogens with one attached hydrogen (secondary N) is 1. The summed E-state index contributed by atoms with van der Waals surface area (Å²) in [6.45, 7) is 4.28. The number of halogens is 1. The lowest BCUT2D eigenvalue weighted by molar-refractivity contribution is -0.115. The van der Waals surface area contributed by atoms with Gasteiger partial charge in [0.1, 0.15) is 0 Å². The van der Waals surface area contributed by atoms with E-state index < -0.39 is 5.25 Å². The quantitative estimate of drug-likeness (QED) is 0.236. The van der Waals surface area contributed by atoms with Crippen LogP contribution >= 0.6 is 23.4 Å². The molecule has 0 saturated heterocycles. The smallest absolute Gasteiger partial charge is 0.262 e. The third-order valence-electron chi connectivity index (χ3n) is 6.54. The van der Waals surface area contributed by atoms with E-state index in [0.29, 0.717) is 56.2 Å². The number of nitrogens with zero attached hydrogens (tertiary/aromatic N) is 2. The van der Waals surface area contributed by atoms with Gasteiger partial charge >= 0.3 is 0 Å². The Morgan fingerprint density at radius 2 is 1.74 bits per heavy atom. The number of ether oxygens (including phenoxy) is 4. The molecule has 1 amide bonds. The minimum atomic E-state index is -0.522. The van der Waals surface area contributed by atoms with E-state index in [1.165, 1.54) is 11.8 Å². The molecule has 1 atom stereocenters. The summed E-state index contributed by atoms with van der Waals surface area (Å²) in [6.07, 6.45) is 0.509. The first-order chi connectivity index (χ1) is 18.9. The van der Waals surface area contributed by atoms with Gasteiger partial charge in [-0.05, 0) is 54.8 Å². The van der Waals surface area contributed by atoms with Gasteiger partial charge in [0.2, 0.25) is 19.5 Å². The normalized spacial score (nSPS) is 14.0. The molecule has 1 N–H and O–H groups in total. The minimum absolute atomic E-state index is 0.0831. The second-order valence-corrected chi connectivity index (χ2v) is 10.7. The van der Waals surface area contributed by atoms with Gasteiger partial charge in [-0.25, -0.2) is 4.98 Å². The number of aromatic nitrogens is 2. The van der Waals surface area contributed by atoms with Crippen LogP contribution in [0, 0.1) is 6.92 Å². The number of aryl methyl sites for hydroxylation is 1. The van der Waals surface area contributed by atoms with Crippen LogP contribution in [0.15, 0.2) is 58.5 Å². The maximum absolute atomic E-state index is 13.8. The Labute approximate surface area is 233 Å². The summed E-state index contributed by atoms with van der Waals surface area (Å²) in [5.41, 5.74) is 2.57. The molecule has 200 valence electrons.